The van der Waals surface area contributed by atoms with Crippen LogP contribution in [0.4, 0.5) is 4.39 Å². The van der Waals surface area contributed by atoms with Gasteiger partial charge in [0.25, 0.3) is 0 Å². The lowest BCUT2D eigenvalue weighted by molar-refractivity contribution is 0.259. The summed E-state index contributed by atoms with van der Waals surface area (Å²) in [7, 11) is 7.72. The maximum absolute atomic E-state index is 13.4. The van der Waals surface area contributed by atoms with Gasteiger partial charge >= 0.3 is 0 Å². The minimum atomic E-state index is -0.229. The van der Waals surface area contributed by atoms with Crippen molar-refractivity contribution < 1.29 is 9.13 Å². The zero-order valence-electron chi connectivity index (χ0n) is 17.0. The summed E-state index contributed by atoms with van der Waals surface area (Å²) in [6.07, 6.45) is 0. The summed E-state index contributed by atoms with van der Waals surface area (Å²) in [4.78, 5) is 8.38. The lowest BCUT2D eigenvalue weighted by Crippen LogP contribution is -2.38. The fourth-order valence-corrected chi connectivity index (χ4v) is 2.67. The van der Waals surface area contributed by atoms with Gasteiger partial charge in [0.15, 0.2) is 5.96 Å². The molecule has 0 radical (unpaired) electrons. The quantitative estimate of drug-likeness (QED) is 0.342. The van der Waals surface area contributed by atoms with Gasteiger partial charge in [-0.15, -0.1) is 24.0 Å². The van der Waals surface area contributed by atoms with Gasteiger partial charge in [0, 0.05) is 39.3 Å². The Morgan fingerprint density at radius 1 is 1.11 bits per heavy atom. The Kier molecular flexibility index (Phi) is 10.8. The fraction of sp³-hybridized carbons (Fsp3) is 0.381. The van der Waals surface area contributed by atoms with E-state index in [1.807, 2.05) is 56.4 Å². The number of guanidine groups is 1. The van der Waals surface area contributed by atoms with Crippen LogP contribution in [0.1, 0.15) is 11.1 Å². The molecule has 0 aliphatic rings. The Balaban J connectivity index is 0.00000392. The third-order valence-electron chi connectivity index (χ3n) is 4.09. The van der Waals surface area contributed by atoms with Crippen molar-refractivity contribution in [2.75, 3.05) is 41.3 Å². The van der Waals surface area contributed by atoms with Gasteiger partial charge in [0.1, 0.15) is 18.2 Å². The van der Waals surface area contributed by atoms with Crippen LogP contribution in [0.5, 0.6) is 5.75 Å². The minimum absolute atomic E-state index is 0. The first-order valence-electron chi connectivity index (χ1n) is 9.01. The highest BCUT2D eigenvalue weighted by atomic mass is 127. The third kappa shape index (κ3) is 8.02. The number of hydrogen-bond donors (Lipinski definition) is 1. The second kappa shape index (κ2) is 12.6. The number of aliphatic imine (C=N–C) groups is 1. The first-order chi connectivity index (χ1) is 13.0. The van der Waals surface area contributed by atoms with Gasteiger partial charge in [-0.05, 0) is 37.9 Å². The number of nitrogens with one attached hydrogen (secondary N) is 1. The van der Waals surface area contributed by atoms with Gasteiger partial charge in [0.2, 0.25) is 0 Å². The van der Waals surface area contributed by atoms with Gasteiger partial charge in [-0.1, -0.05) is 30.3 Å². The van der Waals surface area contributed by atoms with Crippen molar-refractivity contribution in [3.05, 3.63) is 65.5 Å². The van der Waals surface area contributed by atoms with Crippen LogP contribution in [0, 0.1) is 5.82 Å². The third-order valence-corrected chi connectivity index (χ3v) is 4.09. The van der Waals surface area contributed by atoms with Gasteiger partial charge < -0.3 is 19.9 Å². The number of halogens is 2. The van der Waals surface area contributed by atoms with Crippen LogP contribution in [-0.2, 0) is 13.1 Å². The standard InChI is InChI=1S/C21H29FN4O.HI/c1-23-21(26(4)16-17-8-7-10-19(22)14-17)24-15-18-9-5-6-11-20(18)27-13-12-25(2)3;/h5-11,14H,12-13,15-16H2,1-4H3,(H,23,24);1H. The molecule has 28 heavy (non-hydrogen) atoms. The lowest BCUT2D eigenvalue weighted by Gasteiger charge is -2.23. The van der Waals surface area contributed by atoms with Crippen molar-refractivity contribution in [3.8, 4) is 5.75 Å². The summed E-state index contributed by atoms with van der Waals surface area (Å²) in [5, 5.41) is 3.35. The highest BCUT2D eigenvalue weighted by molar-refractivity contribution is 14.0. The summed E-state index contributed by atoms with van der Waals surface area (Å²) < 4.78 is 19.3. The van der Waals surface area contributed by atoms with E-state index in [0.717, 1.165) is 29.4 Å². The summed E-state index contributed by atoms with van der Waals surface area (Å²) in [5.41, 5.74) is 1.96. The molecule has 5 nitrogen and oxygen atoms in total. The number of para-hydroxylation sites is 1. The molecule has 2 aromatic carbocycles. The second-order valence-electron chi connectivity index (χ2n) is 6.65. The summed E-state index contributed by atoms with van der Waals surface area (Å²) in [5.74, 6) is 1.38. The SMILES string of the molecule is CN=C(NCc1ccccc1OCCN(C)C)N(C)Cc1cccc(F)c1.I. The molecule has 0 fully saturated rings. The predicted octanol–water partition coefficient (Wildman–Crippen LogP) is 3.59. The molecule has 0 aliphatic carbocycles. The van der Waals surface area contributed by atoms with Gasteiger partial charge in [-0.25, -0.2) is 4.39 Å². The van der Waals surface area contributed by atoms with Crippen molar-refractivity contribution in [1.82, 2.24) is 15.1 Å². The van der Waals surface area contributed by atoms with E-state index in [4.69, 9.17) is 4.74 Å². The number of rotatable bonds is 8. The first-order valence-corrected chi connectivity index (χ1v) is 9.01. The molecule has 2 aromatic rings. The maximum Gasteiger partial charge on any atom is 0.193 e. The molecule has 0 unspecified atom stereocenters. The first kappa shape index (κ1) is 24.2. The molecule has 0 amide bonds. The molecule has 0 spiro atoms. The van der Waals surface area contributed by atoms with E-state index in [9.17, 15) is 4.39 Å². The smallest absolute Gasteiger partial charge is 0.193 e. The molecular formula is C21H30FIN4O. The molecule has 0 atom stereocenters. The topological polar surface area (TPSA) is 40.1 Å². The van der Waals surface area contributed by atoms with E-state index in [0.29, 0.717) is 19.7 Å². The zero-order chi connectivity index (χ0) is 19.6. The molecule has 1 N–H and O–H groups in total. The van der Waals surface area contributed by atoms with Crippen LogP contribution < -0.4 is 10.1 Å². The van der Waals surface area contributed by atoms with Gasteiger partial charge in [-0.2, -0.15) is 0 Å². The largest absolute Gasteiger partial charge is 0.492 e. The Labute approximate surface area is 184 Å². The number of nitrogens with zero attached hydrogens (tertiary/aromatic N) is 3. The molecule has 7 heteroatoms. The Morgan fingerprint density at radius 2 is 1.86 bits per heavy atom. The average molecular weight is 500 g/mol. The van der Waals surface area contributed by atoms with Crippen molar-refractivity contribution in [2.24, 2.45) is 4.99 Å². The summed E-state index contributed by atoms with van der Waals surface area (Å²) in [6, 6.07) is 14.6. The van der Waals surface area contributed by atoms with Crippen LogP contribution in [0.3, 0.4) is 0 Å². The molecule has 0 saturated carbocycles. The van der Waals surface area contributed by atoms with Crippen molar-refractivity contribution in [3.63, 3.8) is 0 Å². The van der Waals surface area contributed by atoms with Gasteiger partial charge in [0.05, 0.1) is 0 Å². The number of benzene rings is 2. The normalized spacial score (nSPS) is 11.1. The van der Waals surface area contributed by atoms with Crippen LogP contribution in [0.25, 0.3) is 0 Å². The van der Waals surface area contributed by atoms with E-state index in [2.05, 4.69) is 15.2 Å². The average Bonchev–Trinajstić information content (AvgIpc) is 2.63. The van der Waals surface area contributed by atoms with Crippen LogP contribution >= 0.6 is 24.0 Å². The van der Waals surface area contributed by atoms with Crippen LogP contribution in [0.2, 0.25) is 0 Å². The Hall–Kier alpha value is -1.87. The predicted molar refractivity (Wildman–Crippen MR) is 124 cm³/mol. The van der Waals surface area contributed by atoms with E-state index >= 15 is 0 Å². The molecule has 0 aliphatic heterocycles. The minimum Gasteiger partial charge on any atom is -0.492 e. The van der Waals surface area contributed by atoms with E-state index in [1.54, 1.807) is 13.1 Å². The Morgan fingerprint density at radius 3 is 2.54 bits per heavy atom. The molecule has 0 aromatic heterocycles. The molecular weight excluding hydrogens is 470 g/mol. The monoisotopic (exact) mass is 500 g/mol. The molecule has 0 saturated heterocycles. The van der Waals surface area contributed by atoms with Crippen LogP contribution in [0.15, 0.2) is 53.5 Å². The highest BCUT2D eigenvalue weighted by Crippen LogP contribution is 2.18. The maximum atomic E-state index is 13.4. The van der Waals surface area contributed by atoms with Crippen LogP contribution in [-0.4, -0.2) is 57.1 Å². The molecule has 2 rings (SSSR count). The van der Waals surface area contributed by atoms with E-state index < -0.39 is 0 Å². The van der Waals surface area contributed by atoms with Crippen molar-refractivity contribution in [2.45, 2.75) is 13.1 Å². The van der Waals surface area contributed by atoms with Crippen molar-refractivity contribution in [1.29, 1.82) is 0 Å². The van der Waals surface area contributed by atoms with Gasteiger partial charge in [-0.3, -0.25) is 4.99 Å². The lowest BCUT2D eigenvalue weighted by atomic mass is 10.2. The second-order valence-corrected chi connectivity index (χ2v) is 6.65. The molecule has 0 bridgehead atoms. The number of hydrogen-bond acceptors (Lipinski definition) is 3. The van der Waals surface area contributed by atoms with Crippen molar-refractivity contribution >= 4 is 29.9 Å². The highest BCUT2D eigenvalue weighted by Gasteiger charge is 2.09. The van der Waals surface area contributed by atoms with E-state index in [-0.39, 0.29) is 29.8 Å². The Bertz CT molecular complexity index is 755. The molecule has 154 valence electrons. The zero-order valence-corrected chi connectivity index (χ0v) is 19.3. The summed E-state index contributed by atoms with van der Waals surface area (Å²) in [6.45, 7) is 2.66. The molecule has 0 heterocycles. The number of likely N-dealkylation sites (N-methyl/N-ethyl adjacent to an activating group) is 1. The summed E-state index contributed by atoms with van der Waals surface area (Å²) >= 11 is 0. The fourth-order valence-electron chi connectivity index (χ4n) is 2.67. The number of ether oxygens (including phenoxy) is 1. The van der Waals surface area contributed by atoms with E-state index in [1.165, 1.54) is 12.1 Å².